The highest BCUT2D eigenvalue weighted by atomic mass is 16.5. The van der Waals surface area contributed by atoms with Crippen molar-refractivity contribution in [2.24, 2.45) is 0 Å². The molecule has 0 spiro atoms. The van der Waals surface area contributed by atoms with Crippen molar-refractivity contribution in [1.29, 1.82) is 0 Å². The molecule has 2 atom stereocenters. The minimum atomic E-state index is -0.724. The van der Waals surface area contributed by atoms with Gasteiger partial charge in [0.2, 0.25) is 0 Å². The van der Waals surface area contributed by atoms with Crippen molar-refractivity contribution in [2.75, 3.05) is 19.7 Å². The van der Waals surface area contributed by atoms with E-state index in [4.69, 9.17) is 9.84 Å². The van der Waals surface area contributed by atoms with Gasteiger partial charge in [0, 0.05) is 13.0 Å². The normalized spacial score (nSPS) is 24.3. The van der Waals surface area contributed by atoms with Crippen molar-refractivity contribution in [1.82, 2.24) is 4.90 Å². The van der Waals surface area contributed by atoms with E-state index in [2.05, 4.69) is 24.0 Å². The Kier molecular flexibility index (Phi) is 4.93. The molecule has 0 bridgehead atoms. The van der Waals surface area contributed by atoms with E-state index >= 15 is 0 Å². The van der Waals surface area contributed by atoms with Crippen LogP contribution in [0.1, 0.15) is 31.4 Å². The summed E-state index contributed by atoms with van der Waals surface area (Å²) in [7, 11) is 0. The molecule has 19 heavy (non-hydrogen) atoms. The highest BCUT2D eigenvalue weighted by Gasteiger charge is 2.27. The predicted octanol–water partition coefficient (Wildman–Crippen LogP) is 2.31. The zero-order valence-corrected chi connectivity index (χ0v) is 11.3. The van der Waals surface area contributed by atoms with Gasteiger partial charge in [0.1, 0.15) is 0 Å². The number of ether oxygens (including phenoxy) is 1. The van der Waals surface area contributed by atoms with Gasteiger partial charge in [-0.25, -0.2) is 0 Å². The van der Waals surface area contributed by atoms with Gasteiger partial charge in [0.25, 0.3) is 0 Å². The van der Waals surface area contributed by atoms with Crippen LogP contribution in [0.4, 0.5) is 0 Å². The molecule has 1 aliphatic rings. The van der Waals surface area contributed by atoms with E-state index in [0.717, 1.165) is 13.1 Å². The van der Waals surface area contributed by atoms with Crippen LogP contribution in [0.15, 0.2) is 30.3 Å². The van der Waals surface area contributed by atoms with E-state index in [-0.39, 0.29) is 18.6 Å². The monoisotopic (exact) mass is 263 g/mol. The minimum Gasteiger partial charge on any atom is -0.481 e. The molecule has 4 nitrogen and oxygen atoms in total. The molecule has 1 heterocycles. The molecule has 1 N–H and O–H groups in total. The smallest absolute Gasteiger partial charge is 0.303 e. The second kappa shape index (κ2) is 6.68. The molecule has 0 radical (unpaired) electrons. The fourth-order valence-corrected chi connectivity index (χ4v) is 2.53. The summed E-state index contributed by atoms with van der Waals surface area (Å²) in [5, 5.41) is 8.73. The predicted molar refractivity (Wildman–Crippen MR) is 73.0 cm³/mol. The summed E-state index contributed by atoms with van der Waals surface area (Å²) in [6.45, 7) is 4.41. The fraction of sp³-hybridized carbons (Fsp3) is 0.533. The Morgan fingerprint density at radius 3 is 2.84 bits per heavy atom. The van der Waals surface area contributed by atoms with Crippen molar-refractivity contribution in [3.63, 3.8) is 0 Å². The van der Waals surface area contributed by atoms with Gasteiger partial charge in [-0.3, -0.25) is 9.69 Å². The molecule has 1 fully saturated rings. The van der Waals surface area contributed by atoms with E-state index in [1.807, 2.05) is 18.2 Å². The average Bonchev–Trinajstić information content (AvgIpc) is 2.39. The fourth-order valence-electron chi connectivity index (χ4n) is 2.53. The highest BCUT2D eigenvalue weighted by Crippen LogP contribution is 2.26. The number of carboxylic acids is 1. The summed E-state index contributed by atoms with van der Waals surface area (Å²) in [5.41, 5.74) is 1.24. The van der Waals surface area contributed by atoms with Crippen molar-refractivity contribution in [3.8, 4) is 0 Å². The number of carboxylic acid groups (broad SMARTS) is 1. The second-order valence-electron chi connectivity index (χ2n) is 5.06. The number of morpholine rings is 1. The van der Waals surface area contributed by atoms with Crippen molar-refractivity contribution < 1.29 is 14.6 Å². The quantitative estimate of drug-likeness (QED) is 0.885. The Hall–Kier alpha value is -1.39. The molecule has 104 valence electrons. The Bertz CT molecular complexity index is 407. The number of carbonyl (C=O) groups is 1. The van der Waals surface area contributed by atoms with Gasteiger partial charge in [0.05, 0.1) is 18.8 Å². The first-order valence-electron chi connectivity index (χ1n) is 6.79. The third kappa shape index (κ3) is 4.04. The Morgan fingerprint density at radius 1 is 1.42 bits per heavy atom. The molecule has 4 heteroatoms. The number of hydrogen-bond acceptors (Lipinski definition) is 3. The third-order valence-electron chi connectivity index (χ3n) is 3.49. The molecular formula is C15H21NO3. The number of nitrogens with zero attached hydrogens (tertiary/aromatic N) is 1. The third-order valence-corrected chi connectivity index (χ3v) is 3.49. The van der Waals surface area contributed by atoms with Crippen LogP contribution in [-0.2, 0) is 9.53 Å². The van der Waals surface area contributed by atoms with Gasteiger partial charge in [-0.2, -0.15) is 0 Å². The maximum Gasteiger partial charge on any atom is 0.303 e. The summed E-state index contributed by atoms with van der Waals surface area (Å²) in [6.07, 6.45) is 1.13. The molecule has 0 unspecified atom stereocenters. The lowest BCUT2D eigenvalue weighted by atomic mass is 10.0. The molecule has 1 saturated heterocycles. The van der Waals surface area contributed by atoms with E-state index in [1.165, 1.54) is 5.56 Å². The van der Waals surface area contributed by atoms with Crippen LogP contribution in [-0.4, -0.2) is 41.8 Å². The molecular weight excluding hydrogens is 242 g/mol. The topological polar surface area (TPSA) is 49.8 Å². The average molecular weight is 263 g/mol. The summed E-state index contributed by atoms with van der Waals surface area (Å²) in [5.74, 6) is -0.724. The Labute approximate surface area is 114 Å². The van der Waals surface area contributed by atoms with E-state index in [1.54, 1.807) is 0 Å². The highest BCUT2D eigenvalue weighted by molar-refractivity contribution is 5.66. The van der Waals surface area contributed by atoms with Crippen LogP contribution in [0.2, 0.25) is 0 Å². The summed E-state index contributed by atoms with van der Waals surface area (Å²) in [4.78, 5) is 13.0. The van der Waals surface area contributed by atoms with Crippen molar-refractivity contribution >= 4 is 5.97 Å². The summed E-state index contributed by atoms with van der Waals surface area (Å²) < 4.78 is 5.74. The number of benzene rings is 1. The van der Waals surface area contributed by atoms with Crippen LogP contribution in [0.5, 0.6) is 0 Å². The standard InChI is InChI=1S/C15H21NO3/c1-12-10-16(9-5-8-15(17)18)14(11-19-12)13-6-3-2-4-7-13/h2-4,6-7,12,14H,5,8-11H2,1H3,(H,17,18)/t12-,14+/m0/s1. The van der Waals surface area contributed by atoms with Crippen LogP contribution in [0.25, 0.3) is 0 Å². The minimum absolute atomic E-state index is 0.213. The van der Waals surface area contributed by atoms with Crippen molar-refractivity contribution in [2.45, 2.75) is 31.9 Å². The zero-order valence-electron chi connectivity index (χ0n) is 11.3. The lowest BCUT2D eigenvalue weighted by Crippen LogP contribution is -2.44. The van der Waals surface area contributed by atoms with Gasteiger partial charge in [-0.1, -0.05) is 30.3 Å². The maximum atomic E-state index is 10.6. The van der Waals surface area contributed by atoms with Crippen LogP contribution in [0, 0.1) is 0 Å². The molecule has 1 aromatic rings. The first-order chi connectivity index (χ1) is 9.16. The zero-order chi connectivity index (χ0) is 13.7. The molecule has 2 rings (SSSR count). The Balaban J connectivity index is 2.00. The molecule has 0 amide bonds. The SMILES string of the molecule is C[C@H]1CN(CCCC(=O)O)[C@@H](c2ccccc2)CO1. The van der Waals surface area contributed by atoms with E-state index in [0.29, 0.717) is 13.0 Å². The van der Waals surface area contributed by atoms with E-state index in [9.17, 15) is 4.79 Å². The van der Waals surface area contributed by atoms with E-state index < -0.39 is 5.97 Å². The summed E-state index contributed by atoms with van der Waals surface area (Å²) >= 11 is 0. The summed E-state index contributed by atoms with van der Waals surface area (Å²) in [6, 6.07) is 10.5. The van der Waals surface area contributed by atoms with Crippen molar-refractivity contribution in [3.05, 3.63) is 35.9 Å². The largest absolute Gasteiger partial charge is 0.481 e. The second-order valence-corrected chi connectivity index (χ2v) is 5.06. The number of aliphatic carboxylic acids is 1. The molecule has 1 aliphatic heterocycles. The molecule has 0 aliphatic carbocycles. The van der Waals surface area contributed by atoms with Gasteiger partial charge in [0.15, 0.2) is 0 Å². The van der Waals surface area contributed by atoms with Crippen LogP contribution >= 0.6 is 0 Å². The van der Waals surface area contributed by atoms with Gasteiger partial charge >= 0.3 is 5.97 Å². The Morgan fingerprint density at radius 2 is 2.16 bits per heavy atom. The lowest BCUT2D eigenvalue weighted by molar-refractivity contribution is -0.137. The number of hydrogen-bond donors (Lipinski definition) is 1. The molecule has 1 aromatic carbocycles. The molecule has 0 aromatic heterocycles. The maximum absolute atomic E-state index is 10.6. The van der Waals surface area contributed by atoms with Gasteiger partial charge < -0.3 is 9.84 Å². The van der Waals surface area contributed by atoms with Gasteiger partial charge in [-0.05, 0) is 25.5 Å². The van der Waals surface area contributed by atoms with Gasteiger partial charge in [-0.15, -0.1) is 0 Å². The number of rotatable bonds is 5. The first-order valence-corrected chi connectivity index (χ1v) is 6.79. The lowest BCUT2D eigenvalue weighted by Gasteiger charge is -2.39. The van der Waals surface area contributed by atoms with Crippen LogP contribution < -0.4 is 0 Å². The van der Waals surface area contributed by atoms with Crippen LogP contribution in [0.3, 0.4) is 0 Å². The first kappa shape index (κ1) is 14.0. The molecule has 0 saturated carbocycles.